The van der Waals surface area contributed by atoms with Crippen LogP contribution in [0.2, 0.25) is 5.02 Å². The monoisotopic (exact) mass is 376 g/mol. The Balaban J connectivity index is 1.77. The highest BCUT2D eigenvalue weighted by Crippen LogP contribution is 2.30. The first kappa shape index (κ1) is 16.9. The molecule has 3 aromatic rings. The number of benzene rings is 2. The van der Waals surface area contributed by atoms with Crippen molar-refractivity contribution in [3.05, 3.63) is 82.5 Å². The molecule has 132 valence electrons. The molecule has 27 heavy (non-hydrogen) atoms. The van der Waals surface area contributed by atoms with Crippen molar-refractivity contribution in [2.45, 2.75) is 0 Å². The van der Waals surface area contributed by atoms with Gasteiger partial charge in [-0.15, -0.1) is 0 Å². The van der Waals surface area contributed by atoms with E-state index in [1.165, 1.54) is 0 Å². The summed E-state index contributed by atoms with van der Waals surface area (Å²) < 4.78 is 0. The maximum Gasteiger partial charge on any atom is 0.267 e. The number of halogens is 1. The van der Waals surface area contributed by atoms with Gasteiger partial charge in [-0.2, -0.15) is 0 Å². The first-order chi connectivity index (χ1) is 13.0. The Morgan fingerprint density at radius 3 is 2.30 bits per heavy atom. The number of hydrogen-bond donors (Lipinski definition) is 2. The molecular weight excluding hydrogens is 364 g/mol. The molecule has 2 amide bonds. The highest BCUT2D eigenvalue weighted by molar-refractivity contribution is 6.33. The van der Waals surface area contributed by atoms with Crippen LogP contribution in [0.5, 0.6) is 0 Å². The lowest BCUT2D eigenvalue weighted by atomic mass is 10.0. The number of nitrogen functional groups attached to an aromatic ring is 1. The number of nitrogens with one attached hydrogen (secondary N) is 1. The number of amides is 2. The van der Waals surface area contributed by atoms with Gasteiger partial charge in [-0.05, 0) is 36.4 Å². The summed E-state index contributed by atoms with van der Waals surface area (Å²) in [6.45, 7) is 0. The van der Waals surface area contributed by atoms with E-state index in [2.05, 4.69) is 4.98 Å². The molecule has 0 spiro atoms. The van der Waals surface area contributed by atoms with Crippen LogP contribution in [-0.2, 0) is 0 Å². The molecule has 2 aromatic carbocycles. The molecule has 1 aromatic heterocycles. The molecule has 3 N–H and O–H groups in total. The van der Waals surface area contributed by atoms with E-state index in [-0.39, 0.29) is 28.2 Å². The van der Waals surface area contributed by atoms with Crippen LogP contribution in [0.3, 0.4) is 0 Å². The number of hydrogen-bond acceptors (Lipinski definition) is 5. The molecule has 0 bridgehead atoms. The third-order valence-corrected chi connectivity index (χ3v) is 4.66. The van der Waals surface area contributed by atoms with E-state index in [9.17, 15) is 9.59 Å². The zero-order chi connectivity index (χ0) is 19.1. The number of aromatic nitrogens is 1. The zero-order valence-electron chi connectivity index (χ0n) is 13.9. The summed E-state index contributed by atoms with van der Waals surface area (Å²) in [5, 5.41) is 8.91. The number of carbonyl (C=O) groups excluding carboxylic acids is 2. The second kappa shape index (κ2) is 6.34. The minimum absolute atomic E-state index is 0.253. The smallest absolute Gasteiger partial charge is 0.267 e. The molecule has 0 aliphatic carbocycles. The van der Waals surface area contributed by atoms with Crippen molar-refractivity contribution >= 4 is 34.9 Å². The summed E-state index contributed by atoms with van der Waals surface area (Å²) in [6.07, 6.45) is 1.60. The van der Waals surface area contributed by atoms with Gasteiger partial charge in [0.2, 0.25) is 0 Å². The van der Waals surface area contributed by atoms with Gasteiger partial charge in [0.05, 0.1) is 21.8 Å². The first-order valence-electron chi connectivity index (χ1n) is 8.06. The predicted molar refractivity (Wildman–Crippen MR) is 103 cm³/mol. The number of anilines is 1. The lowest BCUT2D eigenvalue weighted by Gasteiger charge is -2.17. The fourth-order valence-corrected chi connectivity index (χ4v) is 3.25. The predicted octanol–water partition coefficient (Wildman–Crippen LogP) is 3.61. The lowest BCUT2D eigenvalue weighted by molar-refractivity contribution is 0.0748. The Morgan fingerprint density at radius 2 is 1.67 bits per heavy atom. The van der Waals surface area contributed by atoms with E-state index in [0.29, 0.717) is 16.3 Å². The normalized spacial score (nSPS) is 13.0. The molecular formula is C20H13ClN4O2. The van der Waals surface area contributed by atoms with Crippen molar-refractivity contribution in [3.63, 3.8) is 0 Å². The second-order valence-corrected chi connectivity index (χ2v) is 6.38. The summed E-state index contributed by atoms with van der Waals surface area (Å²) in [7, 11) is 0. The summed E-state index contributed by atoms with van der Waals surface area (Å²) in [4.78, 5) is 30.3. The van der Waals surface area contributed by atoms with Crippen molar-refractivity contribution in [3.8, 4) is 11.3 Å². The molecule has 0 unspecified atom stereocenters. The molecule has 0 saturated heterocycles. The van der Waals surface area contributed by atoms with Gasteiger partial charge < -0.3 is 5.73 Å². The van der Waals surface area contributed by atoms with Crippen molar-refractivity contribution in [1.29, 1.82) is 5.41 Å². The minimum atomic E-state index is -0.540. The molecule has 0 radical (unpaired) electrons. The van der Waals surface area contributed by atoms with Gasteiger partial charge in [0.25, 0.3) is 11.8 Å². The Bertz CT molecular complexity index is 1090. The SMILES string of the molecule is N=C(c1cc(-c2ncccc2Cl)ccc1N)N1C(=O)c2ccccc2C1=O. The van der Waals surface area contributed by atoms with Crippen molar-refractivity contribution in [2.75, 3.05) is 5.73 Å². The fourth-order valence-electron chi connectivity index (χ4n) is 3.02. The van der Waals surface area contributed by atoms with Gasteiger partial charge in [-0.1, -0.05) is 29.8 Å². The highest BCUT2D eigenvalue weighted by atomic mass is 35.5. The lowest BCUT2D eigenvalue weighted by Crippen LogP contribution is -2.36. The summed E-state index contributed by atoms with van der Waals surface area (Å²) in [5.74, 6) is -1.37. The number of pyridine rings is 1. The average molecular weight is 377 g/mol. The van der Waals surface area contributed by atoms with E-state index < -0.39 is 11.8 Å². The molecule has 0 saturated carbocycles. The summed E-state index contributed by atoms with van der Waals surface area (Å²) in [6, 6.07) is 14.8. The standard InChI is InChI=1S/C20H13ClN4O2/c21-15-6-3-9-24-17(15)11-7-8-16(22)14(10-11)18(23)25-19(26)12-4-1-2-5-13(12)20(25)27/h1-10,23H,22H2. The first-order valence-corrected chi connectivity index (χ1v) is 8.44. The van der Waals surface area contributed by atoms with Gasteiger partial charge >= 0.3 is 0 Å². The van der Waals surface area contributed by atoms with Crippen molar-refractivity contribution in [1.82, 2.24) is 9.88 Å². The van der Waals surface area contributed by atoms with E-state index in [0.717, 1.165) is 4.90 Å². The fraction of sp³-hybridized carbons (Fsp3) is 0. The molecule has 6 nitrogen and oxygen atoms in total. The maximum absolute atomic E-state index is 12.6. The van der Waals surface area contributed by atoms with Crippen molar-refractivity contribution in [2.24, 2.45) is 0 Å². The van der Waals surface area contributed by atoms with E-state index in [1.54, 1.807) is 60.8 Å². The molecule has 1 aliphatic rings. The molecule has 0 atom stereocenters. The number of rotatable bonds is 2. The third kappa shape index (κ3) is 2.67. The van der Waals surface area contributed by atoms with Crippen LogP contribution in [0.25, 0.3) is 11.3 Å². The van der Waals surface area contributed by atoms with Gasteiger partial charge in [0.15, 0.2) is 0 Å². The molecule has 2 heterocycles. The largest absolute Gasteiger partial charge is 0.398 e. The number of amidine groups is 1. The number of fused-ring (bicyclic) bond motifs is 1. The van der Waals surface area contributed by atoms with Crippen LogP contribution in [0.4, 0.5) is 5.69 Å². The topological polar surface area (TPSA) is 100 Å². The number of carbonyl (C=O) groups is 2. The Kier molecular flexibility index (Phi) is 3.97. The molecule has 1 aliphatic heterocycles. The van der Waals surface area contributed by atoms with Crippen LogP contribution in [0.1, 0.15) is 26.3 Å². The van der Waals surface area contributed by atoms with Crippen LogP contribution < -0.4 is 5.73 Å². The number of nitrogens with two attached hydrogens (primary N) is 1. The van der Waals surface area contributed by atoms with Crippen LogP contribution in [0.15, 0.2) is 60.8 Å². The van der Waals surface area contributed by atoms with Gasteiger partial charge in [0, 0.05) is 23.0 Å². The minimum Gasteiger partial charge on any atom is -0.398 e. The van der Waals surface area contributed by atoms with Gasteiger partial charge in [-0.3, -0.25) is 20.0 Å². The van der Waals surface area contributed by atoms with E-state index in [1.807, 2.05) is 0 Å². The van der Waals surface area contributed by atoms with Crippen LogP contribution >= 0.6 is 11.6 Å². The number of nitrogens with zero attached hydrogens (tertiary/aromatic N) is 2. The molecule has 7 heteroatoms. The third-order valence-electron chi connectivity index (χ3n) is 4.36. The molecule has 4 rings (SSSR count). The second-order valence-electron chi connectivity index (χ2n) is 5.98. The summed E-state index contributed by atoms with van der Waals surface area (Å²) >= 11 is 6.20. The van der Waals surface area contributed by atoms with Gasteiger partial charge in [0.1, 0.15) is 5.84 Å². The Labute approximate surface area is 159 Å². The quantitative estimate of drug-likeness (QED) is 0.309. The highest BCUT2D eigenvalue weighted by Gasteiger charge is 2.38. The van der Waals surface area contributed by atoms with Crippen LogP contribution in [0, 0.1) is 5.41 Å². The summed E-state index contributed by atoms with van der Waals surface area (Å²) in [5.41, 5.74) is 8.25. The van der Waals surface area contributed by atoms with Crippen molar-refractivity contribution < 1.29 is 9.59 Å². The maximum atomic E-state index is 12.6. The van der Waals surface area contributed by atoms with E-state index >= 15 is 0 Å². The molecule has 0 fully saturated rings. The zero-order valence-corrected chi connectivity index (χ0v) is 14.7. The number of imide groups is 1. The van der Waals surface area contributed by atoms with E-state index in [4.69, 9.17) is 22.7 Å². The van der Waals surface area contributed by atoms with Crippen LogP contribution in [-0.4, -0.2) is 27.5 Å². The average Bonchev–Trinajstić information content (AvgIpc) is 2.93. The Morgan fingerprint density at radius 1 is 1.00 bits per heavy atom. The Hall–Kier alpha value is -3.51. The van der Waals surface area contributed by atoms with Gasteiger partial charge in [-0.25, -0.2) is 4.90 Å².